The first-order valence-electron chi connectivity index (χ1n) is 7.01. The molecule has 0 heterocycles. The minimum atomic E-state index is -3.99. The molecule has 0 saturated heterocycles. The van der Waals surface area contributed by atoms with E-state index in [0.717, 1.165) is 5.56 Å². The standard InChI is InChI=1S/C16H17FN2O4S/c1-11-3-8-14(23-2)15(9-11)24(21,22)19-18-16(20)10-12-4-6-13(17)7-5-12/h3-9,19H,10H2,1-2H3,(H,18,20). The summed E-state index contributed by atoms with van der Waals surface area (Å²) in [5.41, 5.74) is 3.42. The van der Waals surface area contributed by atoms with Crippen LogP contribution in [0.2, 0.25) is 0 Å². The highest BCUT2D eigenvalue weighted by atomic mass is 32.2. The molecule has 0 spiro atoms. The second-order valence-corrected chi connectivity index (χ2v) is 6.76. The van der Waals surface area contributed by atoms with Gasteiger partial charge in [-0.15, -0.1) is 4.83 Å². The number of aryl methyl sites for hydroxylation is 1. The van der Waals surface area contributed by atoms with Gasteiger partial charge in [-0.3, -0.25) is 10.2 Å². The topological polar surface area (TPSA) is 84.5 Å². The van der Waals surface area contributed by atoms with Gasteiger partial charge in [-0.1, -0.05) is 18.2 Å². The highest BCUT2D eigenvalue weighted by Gasteiger charge is 2.20. The van der Waals surface area contributed by atoms with Gasteiger partial charge in [-0.05, 0) is 42.3 Å². The molecule has 2 aromatic carbocycles. The Balaban J connectivity index is 2.06. The highest BCUT2D eigenvalue weighted by Crippen LogP contribution is 2.24. The number of carbonyl (C=O) groups is 1. The van der Waals surface area contributed by atoms with Crippen molar-refractivity contribution in [2.75, 3.05) is 7.11 Å². The van der Waals surface area contributed by atoms with Crippen LogP contribution in [0.25, 0.3) is 0 Å². The van der Waals surface area contributed by atoms with Gasteiger partial charge in [0.2, 0.25) is 5.91 Å². The van der Waals surface area contributed by atoms with Gasteiger partial charge in [0.1, 0.15) is 16.5 Å². The maximum Gasteiger partial charge on any atom is 0.261 e. The molecule has 2 N–H and O–H groups in total. The molecule has 0 aliphatic rings. The van der Waals surface area contributed by atoms with Crippen molar-refractivity contribution in [3.63, 3.8) is 0 Å². The van der Waals surface area contributed by atoms with Gasteiger partial charge in [0.05, 0.1) is 13.5 Å². The molecule has 0 aliphatic carbocycles. The molecule has 0 aromatic heterocycles. The van der Waals surface area contributed by atoms with Gasteiger partial charge in [0.25, 0.3) is 10.0 Å². The van der Waals surface area contributed by atoms with Crippen LogP contribution in [0.15, 0.2) is 47.4 Å². The molecule has 2 aromatic rings. The van der Waals surface area contributed by atoms with Crippen molar-refractivity contribution in [3.05, 3.63) is 59.4 Å². The SMILES string of the molecule is COc1ccc(C)cc1S(=O)(=O)NNC(=O)Cc1ccc(F)cc1. The van der Waals surface area contributed by atoms with E-state index in [1.807, 2.05) is 4.83 Å². The molecule has 24 heavy (non-hydrogen) atoms. The van der Waals surface area contributed by atoms with E-state index in [2.05, 4.69) is 5.43 Å². The van der Waals surface area contributed by atoms with Crippen LogP contribution in [0, 0.1) is 12.7 Å². The lowest BCUT2D eigenvalue weighted by molar-refractivity contribution is -0.120. The van der Waals surface area contributed by atoms with Gasteiger partial charge >= 0.3 is 0 Å². The maximum atomic E-state index is 12.8. The van der Waals surface area contributed by atoms with Crippen molar-refractivity contribution >= 4 is 15.9 Å². The monoisotopic (exact) mass is 352 g/mol. The molecule has 0 atom stereocenters. The first-order chi connectivity index (χ1) is 11.3. The van der Waals surface area contributed by atoms with Crippen molar-refractivity contribution in [1.29, 1.82) is 0 Å². The number of hydrogen-bond acceptors (Lipinski definition) is 4. The zero-order valence-corrected chi connectivity index (χ0v) is 14.0. The van der Waals surface area contributed by atoms with Crippen molar-refractivity contribution in [2.45, 2.75) is 18.2 Å². The number of sulfonamides is 1. The summed E-state index contributed by atoms with van der Waals surface area (Å²) in [6.45, 7) is 1.74. The van der Waals surface area contributed by atoms with Crippen LogP contribution in [-0.4, -0.2) is 21.4 Å². The number of hydrazine groups is 1. The predicted molar refractivity (Wildman–Crippen MR) is 86.3 cm³/mol. The largest absolute Gasteiger partial charge is 0.495 e. The molecular weight excluding hydrogens is 335 g/mol. The highest BCUT2D eigenvalue weighted by molar-refractivity contribution is 7.89. The van der Waals surface area contributed by atoms with Gasteiger partial charge in [0, 0.05) is 0 Å². The molecule has 0 radical (unpaired) electrons. The fourth-order valence-electron chi connectivity index (χ4n) is 2.00. The van der Waals surface area contributed by atoms with E-state index in [-0.39, 0.29) is 17.1 Å². The number of ether oxygens (including phenoxy) is 1. The van der Waals surface area contributed by atoms with Crippen LogP contribution < -0.4 is 15.0 Å². The van der Waals surface area contributed by atoms with E-state index in [0.29, 0.717) is 5.56 Å². The van der Waals surface area contributed by atoms with Crippen LogP contribution in [-0.2, 0) is 21.2 Å². The molecule has 0 unspecified atom stereocenters. The number of rotatable bonds is 6. The van der Waals surface area contributed by atoms with E-state index >= 15 is 0 Å². The summed E-state index contributed by atoms with van der Waals surface area (Å²) in [5, 5.41) is 0. The number of nitrogens with one attached hydrogen (secondary N) is 2. The molecule has 8 heteroatoms. The third-order valence-corrected chi connectivity index (χ3v) is 4.48. The molecule has 0 saturated carbocycles. The average molecular weight is 352 g/mol. The molecule has 2 rings (SSSR count). The quantitative estimate of drug-likeness (QED) is 0.775. The molecular formula is C16H17FN2O4S. The number of benzene rings is 2. The second-order valence-electron chi connectivity index (χ2n) is 5.11. The number of methoxy groups -OCH3 is 1. The predicted octanol–water partition coefficient (Wildman–Crippen LogP) is 1.69. The minimum Gasteiger partial charge on any atom is -0.495 e. The number of amides is 1. The Labute approximate surface area is 139 Å². The number of hydrogen-bond donors (Lipinski definition) is 2. The molecule has 6 nitrogen and oxygen atoms in total. The van der Waals surface area contributed by atoms with Gasteiger partial charge in [-0.25, -0.2) is 12.8 Å². The fourth-order valence-corrected chi connectivity index (χ4v) is 3.12. The Bertz CT molecular complexity index is 836. The van der Waals surface area contributed by atoms with Crippen molar-refractivity contribution in [2.24, 2.45) is 0 Å². The van der Waals surface area contributed by atoms with Gasteiger partial charge in [-0.2, -0.15) is 0 Å². The van der Waals surface area contributed by atoms with E-state index in [1.54, 1.807) is 13.0 Å². The van der Waals surface area contributed by atoms with Gasteiger partial charge in [0.15, 0.2) is 0 Å². The Morgan fingerprint density at radius 2 is 1.83 bits per heavy atom. The lowest BCUT2D eigenvalue weighted by Gasteiger charge is -2.12. The van der Waals surface area contributed by atoms with Crippen molar-refractivity contribution in [3.8, 4) is 5.75 Å². The van der Waals surface area contributed by atoms with E-state index in [9.17, 15) is 17.6 Å². The zero-order valence-electron chi connectivity index (χ0n) is 13.2. The molecule has 0 fully saturated rings. The lowest BCUT2D eigenvalue weighted by atomic mass is 10.1. The number of carbonyl (C=O) groups excluding carboxylic acids is 1. The van der Waals surface area contributed by atoms with Crippen LogP contribution >= 0.6 is 0 Å². The molecule has 0 aliphatic heterocycles. The smallest absolute Gasteiger partial charge is 0.261 e. The van der Waals surface area contributed by atoms with E-state index in [1.165, 1.54) is 43.5 Å². The third kappa shape index (κ3) is 4.53. The summed E-state index contributed by atoms with van der Waals surface area (Å²) in [5.74, 6) is -0.816. The average Bonchev–Trinajstić information content (AvgIpc) is 2.55. The third-order valence-electron chi connectivity index (χ3n) is 3.21. The summed E-state index contributed by atoms with van der Waals surface area (Å²) in [4.78, 5) is 13.8. The summed E-state index contributed by atoms with van der Waals surface area (Å²) in [6.07, 6.45) is -0.0895. The maximum absolute atomic E-state index is 12.8. The first-order valence-corrected chi connectivity index (χ1v) is 8.50. The number of halogens is 1. The second kappa shape index (κ2) is 7.41. The summed E-state index contributed by atoms with van der Waals surface area (Å²) in [6, 6.07) is 10.0. The van der Waals surface area contributed by atoms with Crippen molar-refractivity contribution in [1.82, 2.24) is 10.3 Å². The van der Waals surface area contributed by atoms with Crippen LogP contribution in [0.3, 0.4) is 0 Å². The summed E-state index contributed by atoms with van der Waals surface area (Å²) < 4.78 is 42.5. The van der Waals surface area contributed by atoms with Gasteiger partial charge < -0.3 is 4.74 Å². The van der Waals surface area contributed by atoms with Crippen LogP contribution in [0.5, 0.6) is 5.75 Å². The van der Waals surface area contributed by atoms with Crippen molar-refractivity contribution < 1.29 is 22.3 Å². The Hall–Kier alpha value is -2.45. The Morgan fingerprint density at radius 1 is 1.17 bits per heavy atom. The van der Waals surface area contributed by atoms with E-state index < -0.39 is 21.7 Å². The molecule has 1 amide bonds. The summed E-state index contributed by atoms with van der Waals surface area (Å²) >= 11 is 0. The zero-order chi connectivity index (χ0) is 17.7. The molecule has 128 valence electrons. The minimum absolute atomic E-state index is 0.0768. The lowest BCUT2D eigenvalue weighted by Crippen LogP contribution is -2.42. The fraction of sp³-hybridized carbons (Fsp3) is 0.188. The molecule has 0 bridgehead atoms. The summed E-state index contributed by atoms with van der Waals surface area (Å²) in [7, 11) is -2.63. The first kappa shape index (κ1) is 17.9. The Kier molecular flexibility index (Phi) is 5.53. The Morgan fingerprint density at radius 3 is 2.46 bits per heavy atom. The van der Waals surface area contributed by atoms with E-state index in [4.69, 9.17) is 4.74 Å². The van der Waals surface area contributed by atoms with Crippen LogP contribution in [0.4, 0.5) is 4.39 Å². The normalized spacial score (nSPS) is 11.1. The van der Waals surface area contributed by atoms with Crippen LogP contribution in [0.1, 0.15) is 11.1 Å².